The van der Waals surface area contributed by atoms with Gasteiger partial charge >= 0.3 is 0 Å². The Morgan fingerprint density at radius 1 is 1.41 bits per heavy atom. The molecule has 0 aromatic heterocycles. The van der Waals surface area contributed by atoms with Gasteiger partial charge in [-0.05, 0) is 43.4 Å². The van der Waals surface area contributed by atoms with E-state index in [1.165, 1.54) is 13.2 Å². The van der Waals surface area contributed by atoms with Crippen molar-refractivity contribution in [2.75, 3.05) is 7.11 Å². The summed E-state index contributed by atoms with van der Waals surface area (Å²) >= 11 is 0. The standard InChI is InChI=1S/C13H18FNO2/c1-17-12-8-9(2-3-11(12)14)13(15)6-4-10(16)5-7-13/h2-3,8,10,16H,4-7,15H2,1H3. The Labute approximate surface area is 100 Å². The summed E-state index contributed by atoms with van der Waals surface area (Å²) in [6.45, 7) is 0. The third-order valence-electron chi connectivity index (χ3n) is 3.57. The van der Waals surface area contributed by atoms with E-state index in [9.17, 15) is 9.50 Å². The molecule has 0 radical (unpaired) electrons. The van der Waals surface area contributed by atoms with Crippen LogP contribution in [-0.4, -0.2) is 18.3 Å². The van der Waals surface area contributed by atoms with Gasteiger partial charge in [0.25, 0.3) is 0 Å². The average Bonchev–Trinajstić information content (AvgIpc) is 2.34. The van der Waals surface area contributed by atoms with Crippen LogP contribution in [0.25, 0.3) is 0 Å². The van der Waals surface area contributed by atoms with Crippen molar-refractivity contribution in [3.05, 3.63) is 29.6 Å². The molecule has 1 aromatic carbocycles. The molecule has 1 aromatic rings. The summed E-state index contributed by atoms with van der Waals surface area (Å²) < 4.78 is 18.3. The van der Waals surface area contributed by atoms with Gasteiger partial charge in [-0.15, -0.1) is 0 Å². The number of rotatable bonds is 2. The van der Waals surface area contributed by atoms with Gasteiger partial charge in [-0.25, -0.2) is 4.39 Å². The second kappa shape index (κ2) is 4.63. The minimum atomic E-state index is -0.472. The number of benzene rings is 1. The van der Waals surface area contributed by atoms with Crippen LogP contribution in [0.3, 0.4) is 0 Å². The van der Waals surface area contributed by atoms with E-state index in [1.54, 1.807) is 12.1 Å². The second-order valence-corrected chi connectivity index (χ2v) is 4.74. The van der Waals surface area contributed by atoms with Gasteiger partial charge in [0, 0.05) is 5.54 Å². The molecule has 3 N–H and O–H groups in total. The lowest BCUT2D eigenvalue weighted by molar-refractivity contribution is 0.0968. The van der Waals surface area contributed by atoms with Gasteiger partial charge in [0.1, 0.15) is 0 Å². The number of ether oxygens (including phenoxy) is 1. The molecule has 1 saturated carbocycles. The minimum Gasteiger partial charge on any atom is -0.494 e. The third-order valence-corrected chi connectivity index (χ3v) is 3.57. The molecule has 94 valence electrons. The highest BCUT2D eigenvalue weighted by Gasteiger charge is 2.33. The fourth-order valence-corrected chi connectivity index (χ4v) is 2.38. The molecule has 0 saturated heterocycles. The van der Waals surface area contributed by atoms with Gasteiger partial charge < -0.3 is 15.6 Å². The van der Waals surface area contributed by atoms with E-state index in [0.29, 0.717) is 25.7 Å². The van der Waals surface area contributed by atoms with E-state index in [-0.39, 0.29) is 17.7 Å². The second-order valence-electron chi connectivity index (χ2n) is 4.74. The first-order valence-corrected chi connectivity index (χ1v) is 5.86. The lowest BCUT2D eigenvalue weighted by atomic mass is 9.76. The van der Waals surface area contributed by atoms with Gasteiger partial charge in [0.15, 0.2) is 11.6 Å². The van der Waals surface area contributed by atoms with E-state index >= 15 is 0 Å². The first-order chi connectivity index (χ1) is 8.05. The maximum atomic E-state index is 13.3. The topological polar surface area (TPSA) is 55.5 Å². The minimum absolute atomic E-state index is 0.221. The smallest absolute Gasteiger partial charge is 0.165 e. The van der Waals surface area contributed by atoms with Gasteiger partial charge in [-0.2, -0.15) is 0 Å². The summed E-state index contributed by atoms with van der Waals surface area (Å²) in [6, 6.07) is 4.75. The molecule has 0 spiro atoms. The molecular formula is C13H18FNO2. The maximum Gasteiger partial charge on any atom is 0.165 e. The highest BCUT2D eigenvalue weighted by atomic mass is 19.1. The van der Waals surface area contributed by atoms with Crippen LogP contribution in [-0.2, 0) is 5.54 Å². The number of methoxy groups -OCH3 is 1. The normalized spacial score (nSPS) is 29.1. The lowest BCUT2D eigenvalue weighted by Crippen LogP contribution is -2.41. The van der Waals surface area contributed by atoms with Crippen LogP contribution in [0.1, 0.15) is 31.2 Å². The third kappa shape index (κ3) is 2.42. The van der Waals surface area contributed by atoms with Crippen LogP contribution in [0.5, 0.6) is 5.75 Å². The van der Waals surface area contributed by atoms with Crippen LogP contribution >= 0.6 is 0 Å². The van der Waals surface area contributed by atoms with Crippen LogP contribution in [0.2, 0.25) is 0 Å². The van der Waals surface area contributed by atoms with Crippen LogP contribution in [0, 0.1) is 5.82 Å². The molecule has 0 amide bonds. The van der Waals surface area contributed by atoms with Crippen molar-refractivity contribution in [2.24, 2.45) is 5.73 Å². The van der Waals surface area contributed by atoms with Gasteiger partial charge in [0.05, 0.1) is 13.2 Å². The Morgan fingerprint density at radius 3 is 2.65 bits per heavy atom. The Kier molecular flexibility index (Phi) is 3.35. The predicted molar refractivity (Wildman–Crippen MR) is 63.3 cm³/mol. The van der Waals surface area contributed by atoms with Crippen LogP contribution < -0.4 is 10.5 Å². The molecule has 4 heteroatoms. The molecule has 17 heavy (non-hydrogen) atoms. The molecule has 1 fully saturated rings. The maximum absolute atomic E-state index is 13.3. The monoisotopic (exact) mass is 239 g/mol. The molecule has 0 aliphatic heterocycles. The summed E-state index contributed by atoms with van der Waals surface area (Å²) in [7, 11) is 1.44. The molecule has 1 aliphatic rings. The highest BCUT2D eigenvalue weighted by molar-refractivity contribution is 5.35. The molecule has 0 atom stereocenters. The summed E-state index contributed by atoms with van der Waals surface area (Å²) in [5.74, 6) is -0.158. The van der Waals surface area contributed by atoms with Crippen molar-refractivity contribution in [1.82, 2.24) is 0 Å². The predicted octanol–water partition coefficient (Wildman–Crippen LogP) is 1.92. The van der Waals surface area contributed by atoms with Crippen molar-refractivity contribution in [3.8, 4) is 5.75 Å². The molecule has 0 unspecified atom stereocenters. The van der Waals surface area contributed by atoms with Crippen molar-refractivity contribution in [2.45, 2.75) is 37.3 Å². The first-order valence-electron chi connectivity index (χ1n) is 5.86. The van der Waals surface area contributed by atoms with Crippen LogP contribution in [0.15, 0.2) is 18.2 Å². The molecule has 0 heterocycles. The quantitative estimate of drug-likeness (QED) is 0.829. The van der Waals surface area contributed by atoms with Crippen molar-refractivity contribution >= 4 is 0 Å². The fraction of sp³-hybridized carbons (Fsp3) is 0.538. The first kappa shape index (κ1) is 12.3. The summed E-state index contributed by atoms with van der Waals surface area (Å²) in [5.41, 5.74) is 6.73. The Hall–Kier alpha value is -1.13. The van der Waals surface area contributed by atoms with E-state index in [2.05, 4.69) is 0 Å². The summed E-state index contributed by atoms with van der Waals surface area (Å²) in [5, 5.41) is 9.49. The zero-order chi connectivity index (χ0) is 12.5. The number of aliphatic hydroxyl groups excluding tert-OH is 1. The Balaban J connectivity index is 2.27. The van der Waals surface area contributed by atoms with E-state index in [4.69, 9.17) is 10.5 Å². The molecule has 0 bridgehead atoms. The lowest BCUT2D eigenvalue weighted by Gasteiger charge is -2.36. The highest BCUT2D eigenvalue weighted by Crippen LogP contribution is 2.36. The molecule has 3 nitrogen and oxygen atoms in total. The molecule has 1 aliphatic carbocycles. The zero-order valence-corrected chi connectivity index (χ0v) is 9.95. The average molecular weight is 239 g/mol. The SMILES string of the molecule is COc1cc(C2(N)CCC(O)CC2)ccc1F. The van der Waals surface area contributed by atoms with Crippen LogP contribution in [0.4, 0.5) is 4.39 Å². The summed E-state index contributed by atoms with van der Waals surface area (Å²) in [4.78, 5) is 0. The summed E-state index contributed by atoms with van der Waals surface area (Å²) in [6.07, 6.45) is 2.55. The number of nitrogens with two attached hydrogens (primary N) is 1. The number of halogens is 1. The Morgan fingerprint density at radius 2 is 2.06 bits per heavy atom. The molecular weight excluding hydrogens is 221 g/mol. The number of aliphatic hydroxyl groups is 1. The van der Waals surface area contributed by atoms with Crippen molar-refractivity contribution in [3.63, 3.8) is 0 Å². The van der Waals surface area contributed by atoms with Crippen molar-refractivity contribution in [1.29, 1.82) is 0 Å². The Bertz CT molecular complexity index is 400. The van der Waals surface area contributed by atoms with Gasteiger partial charge in [0.2, 0.25) is 0 Å². The number of hydrogen-bond donors (Lipinski definition) is 2. The van der Waals surface area contributed by atoms with Gasteiger partial charge in [-0.3, -0.25) is 0 Å². The number of hydrogen-bond acceptors (Lipinski definition) is 3. The van der Waals surface area contributed by atoms with Gasteiger partial charge in [-0.1, -0.05) is 6.07 Å². The largest absolute Gasteiger partial charge is 0.494 e. The van der Waals surface area contributed by atoms with E-state index < -0.39 is 5.54 Å². The zero-order valence-electron chi connectivity index (χ0n) is 9.95. The van der Waals surface area contributed by atoms with Crippen molar-refractivity contribution < 1.29 is 14.2 Å². The van der Waals surface area contributed by atoms with E-state index in [0.717, 1.165) is 5.56 Å². The van der Waals surface area contributed by atoms with E-state index in [1.807, 2.05) is 0 Å². The fourth-order valence-electron chi connectivity index (χ4n) is 2.38. The molecule has 2 rings (SSSR count).